The fraction of sp³-hybridized carbons (Fsp3) is 0.529. The van der Waals surface area contributed by atoms with Crippen LogP contribution in [0.2, 0.25) is 0 Å². The van der Waals surface area contributed by atoms with Gasteiger partial charge in [-0.1, -0.05) is 32.4 Å². The minimum Gasteiger partial charge on any atom is -0.387 e. The molecular formula is C17H28O5. The quantitative estimate of drug-likeness (QED) is 0.283. The first-order chi connectivity index (χ1) is 10.6. The van der Waals surface area contributed by atoms with Crippen molar-refractivity contribution in [3.63, 3.8) is 0 Å². The number of rotatable bonds is 9. The van der Waals surface area contributed by atoms with Gasteiger partial charge in [0.05, 0.1) is 13.2 Å². The van der Waals surface area contributed by atoms with Crippen LogP contribution in [0.15, 0.2) is 37.5 Å². The van der Waals surface area contributed by atoms with E-state index in [1.807, 2.05) is 0 Å². The smallest absolute Gasteiger partial charge is 0.338 e. The Hall–Kier alpha value is -1.72. The molecule has 0 aromatic rings. The third-order valence-electron chi connectivity index (χ3n) is 2.02. The molecule has 0 atom stereocenters. The lowest BCUT2D eigenvalue weighted by molar-refractivity contribution is -0.150. The van der Waals surface area contributed by atoms with E-state index in [0.29, 0.717) is 13.2 Å². The van der Waals surface area contributed by atoms with Gasteiger partial charge in [0.15, 0.2) is 0 Å². The Kier molecular flexibility index (Phi) is 19.8. The van der Waals surface area contributed by atoms with Crippen LogP contribution >= 0.6 is 0 Å². The van der Waals surface area contributed by atoms with Crippen molar-refractivity contribution >= 4 is 11.9 Å². The van der Waals surface area contributed by atoms with Gasteiger partial charge in [0.25, 0.3) is 0 Å². The number of cyclic esters (lactones) is 2. The van der Waals surface area contributed by atoms with Crippen molar-refractivity contribution in [3.8, 4) is 0 Å². The molecule has 22 heavy (non-hydrogen) atoms. The van der Waals surface area contributed by atoms with Gasteiger partial charge >= 0.3 is 11.9 Å². The maximum atomic E-state index is 9.92. The van der Waals surface area contributed by atoms with E-state index in [9.17, 15) is 9.59 Å². The maximum absolute atomic E-state index is 9.92. The van der Waals surface area contributed by atoms with Gasteiger partial charge in [-0.3, -0.25) is 0 Å². The lowest BCUT2D eigenvalue weighted by atomic mass is 10.4. The summed E-state index contributed by atoms with van der Waals surface area (Å²) in [6, 6.07) is 0. The Morgan fingerprint density at radius 3 is 1.77 bits per heavy atom. The zero-order valence-corrected chi connectivity index (χ0v) is 13.7. The highest BCUT2D eigenvalue weighted by Crippen LogP contribution is 1.92. The number of carbonyl (C=O) groups is 2. The van der Waals surface area contributed by atoms with E-state index >= 15 is 0 Å². The van der Waals surface area contributed by atoms with Crippen LogP contribution in [0, 0.1) is 0 Å². The molecule has 1 aliphatic rings. The molecular weight excluding hydrogens is 284 g/mol. The Labute approximate surface area is 133 Å². The van der Waals surface area contributed by atoms with Gasteiger partial charge in [0.2, 0.25) is 0 Å². The summed E-state index contributed by atoms with van der Waals surface area (Å²) in [4.78, 5) is 19.8. The van der Waals surface area contributed by atoms with E-state index in [1.54, 1.807) is 12.2 Å². The molecule has 0 saturated carbocycles. The normalized spacial score (nSPS) is 11.7. The van der Waals surface area contributed by atoms with Gasteiger partial charge in [-0.2, -0.15) is 0 Å². The molecule has 0 aromatic heterocycles. The first kappa shape index (κ1) is 22.6. The number of hydrogen-bond acceptors (Lipinski definition) is 5. The summed E-state index contributed by atoms with van der Waals surface area (Å²) in [6.07, 6.45) is 9.16. The summed E-state index contributed by atoms with van der Waals surface area (Å²) in [7, 11) is 0. The molecule has 0 fully saturated rings. The van der Waals surface area contributed by atoms with Gasteiger partial charge in [0.1, 0.15) is 0 Å². The van der Waals surface area contributed by atoms with Gasteiger partial charge in [-0.15, -0.1) is 13.2 Å². The van der Waals surface area contributed by atoms with Crippen LogP contribution in [0.5, 0.6) is 0 Å². The predicted molar refractivity (Wildman–Crippen MR) is 87.5 cm³/mol. The van der Waals surface area contributed by atoms with Crippen LogP contribution in [0.4, 0.5) is 0 Å². The first-order valence-electron chi connectivity index (χ1n) is 7.43. The van der Waals surface area contributed by atoms with E-state index in [1.165, 1.54) is 6.42 Å². The highest BCUT2D eigenvalue weighted by molar-refractivity contribution is 6.04. The highest BCUT2D eigenvalue weighted by Gasteiger charge is 2.10. The standard InChI is InChI=1S/C7H14O.C6H12O.C4H2O3/c1-3-5-7-8-6-4-2;1-3-5-7-6-4-2;5-3-1-2-4(6)7-3/h4H,2-3,5-7H2,1H3;3H,1,4-6H2,2H3;1-2H. The van der Waals surface area contributed by atoms with Crippen LogP contribution in [-0.4, -0.2) is 38.4 Å². The Morgan fingerprint density at radius 2 is 1.45 bits per heavy atom. The minimum absolute atomic E-state index is 0.579. The molecule has 0 bridgehead atoms. The molecule has 5 heteroatoms. The fourth-order valence-electron chi connectivity index (χ4n) is 1.03. The minimum atomic E-state index is -0.579. The molecule has 0 unspecified atom stereocenters. The largest absolute Gasteiger partial charge is 0.387 e. The van der Waals surface area contributed by atoms with Gasteiger partial charge in [-0.25, -0.2) is 9.59 Å². The highest BCUT2D eigenvalue weighted by atomic mass is 16.6. The molecule has 0 radical (unpaired) electrons. The van der Waals surface area contributed by atoms with Crippen LogP contribution in [0.25, 0.3) is 0 Å². The monoisotopic (exact) mass is 312 g/mol. The third kappa shape index (κ3) is 20.6. The van der Waals surface area contributed by atoms with E-state index in [2.05, 4.69) is 31.7 Å². The number of ether oxygens (including phenoxy) is 3. The topological polar surface area (TPSA) is 61.8 Å². The second-order valence-corrected chi connectivity index (χ2v) is 4.15. The molecule has 1 aliphatic heterocycles. The van der Waals surface area contributed by atoms with E-state index in [4.69, 9.17) is 9.47 Å². The van der Waals surface area contributed by atoms with Crippen molar-refractivity contribution in [1.82, 2.24) is 0 Å². The molecule has 126 valence electrons. The second-order valence-electron chi connectivity index (χ2n) is 4.15. The second kappa shape index (κ2) is 19.3. The summed E-state index contributed by atoms with van der Waals surface area (Å²) in [5.74, 6) is -1.16. The maximum Gasteiger partial charge on any atom is 0.338 e. The van der Waals surface area contributed by atoms with Crippen LogP contribution < -0.4 is 0 Å². The lowest BCUT2D eigenvalue weighted by Gasteiger charge is -1.95. The average Bonchev–Trinajstić information content (AvgIpc) is 2.89. The Bertz CT molecular complexity index is 318. The first-order valence-corrected chi connectivity index (χ1v) is 7.43. The Morgan fingerprint density at radius 1 is 0.955 bits per heavy atom. The van der Waals surface area contributed by atoms with E-state index < -0.39 is 11.9 Å². The van der Waals surface area contributed by atoms with E-state index in [0.717, 1.165) is 38.2 Å². The molecule has 0 aromatic carbocycles. The van der Waals surface area contributed by atoms with Crippen molar-refractivity contribution < 1.29 is 23.8 Å². The number of unbranched alkanes of at least 4 members (excludes halogenated alkanes) is 1. The van der Waals surface area contributed by atoms with Crippen molar-refractivity contribution in [3.05, 3.63) is 37.5 Å². The zero-order chi connectivity index (χ0) is 17.1. The average molecular weight is 312 g/mol. The van der Waals surface area contributed by atoms with Crippen molar-refractivity contribution in [1.29, 1.82) is 0 Å². The van der Waals surface area contributed by atoms with Crippen LogP contribution in [-0.2, 0) is 23.8 Å². The SMILES string of the molecule is C=CCOCCC.C=CCOCCCC.O=C1C=CC(=O)O1. The summed E-state index contributed by atoms with van der Waals surface area (Å²) in [6.45, 7) is 14.4. The number of carbonyl (C=O) groups excluding carboxylic acids is 2. The third-order valence-corrected chi connectivity index (χ3v) is 2.02. The van der Waals surface area contributed by atoms with Crippen molar-refractivity contribution in [2.24, 2.45) is 0 Å². The molecule has 0 spiro atoms. The Balaban J connectivity index is 0. The summed E-state index contributed by atoms with van der Waals surface area (Å²) in [5, 5.41) is 0. The molecule has 0 N–H and O–H groups in total. The van der Waals surface area contributed by atoms with Gasteiger partial charge in [0, 0.05) is 25.4 Å². The van der Waals surface area contributed by atoms with Crippen molar-refractivity contribution in [2.75, 3.05) is 26.4 Å². The van der Waals surface area contributed by atoms with Gasteiger partial charge in [-0.05, 0) is 12.8 Å². The predicted octanol–water partition coefficient (Wildman–Crippen LogP) is 3.21. The van der Waals surface area contributed by atoms with E-state index in [-0.39, 0.29) is 0 Å². The molecule has 0 amide bonds. The summed E-state index contributed by atoms with van der Waals surface area (Å²) >= 11 is 0. The lowest BCUT2D eigenvalue weighted by Crippen LogP contribution is -1.96. The van der Waals surface area contributed by atoms with Crippen molar-refractivity contribution in [2.45, 2.75) is 33.1 Å². The molecule has 5 nitrogen and oxygen atoms in total. The fourth-order valence-corrected chi connectivity index (χ4v) is 1.03. The summed E-state index contributed by atoms with van der Waals surface area (Å²) < 4.78 is 14.1. The van der Waals surface area contributed by atoms with Crippen LogP contribution in [0.3, 0.4) is 0 Å². The molecule has 1 heterocycles. The number of esters is 2. The zero-order valence-electron chi connectivity index (χ0n) is 13.7. The number of hydrogen-bond donors (Lipinski definition) is 0. The molecule has 1 rings (SSSR count). The summed E-state index contributed by atoms with van der Waals surface area (Å²) in [5.41, 5.74) is 0. The van der Waals surface area contributed by atoms with Crippen LogP contribution in [0.1, 0.15) is 33.1 Å². The molecule has 0 aliphatic carbocycles. The van der Waals surface area contributed by atoms with Gasteiger partial charge < -0.3 is 14.2 Å². The molecule has 0 saturated heterocycles.